The van der Waals surface area contributed by atoms with Crippen LogP contribution in [0.1, 0.15) is 76.0 Å². The number of para-hydroxylation sites is 1. The van der Waals surface area contributed by atoms with E-state index in [2.05, 4.69) is 104 Å². The first kappa shape index (κ1) is 25.1. The lowest BCUT2D eigenvalue weighted by Crippen LogP contribution is -2.38. The van der Waals surface area contributed by atoms with E-state index in [-0.39, 0.29) is 17.2 Å². The molecule has 4 rings (SSSR count). The van der Waals surface area contributed by atoms with Gasteiger partial charge >= 0.3 is 0 Å². The minimum Gasteiger partial charge on any atom is -0.338 e. The second-order valence-electron chi connectivity index (χ2n) is 11.1. The van der Waals surface area contributed by atoms with Crippen LogP contribution in [-0.4, -0.2) is 34.0 Å². The Morgan fingerprint density at radius 1 is 1.11 bits per heavy atom. The topological polar surface area (TPSA) is 71.3 Å². The molecular weight excluding hydrogens is 436 g/mol. The van der Waals surface area contributed by atoms with E-state index in [1.54, 1.807) is 0 Å². The van der Waals surface area contributed by atoms with Crippen molar-refractivity contribution in [3.05, 3.63) is 65.0 Å². The number of hydrogen-bond donors (Lipinski definition) is 1. The summed E-state index contributed by atoms with van der Waals surface area (Å²) in [6.07, 6.45) is 1.65. The number of carbonyl (C=O) groups is 1. The third-order valence-corrected chi connectivity index (χ3v) is 6.97. The predicted octanol–water partition coefficient (Wildman–Crippen LogP) is 6.32. The first-order chi connectivity index (χ1) is 16.6. The highest BCUT2D eigenvalue weighted by Gasteiger charge is 2.27. The molecular formula is C29H38N4O2. The van der Waals surface area contributed by atoms with Crippen LogP contribution in [0.2, 0.25) is 0 Å². The van der Waals surface area contributed by atoms with Crippen LogP contribution in [0.15, 0.2) is 47.0 Å². The summed E-state index contributed by atoms with van der Waals surface area (Å²) in [4.78, 5) is 19.9. The molecule has 1 aliphatic rings. The number of anilines is 1. The van der Waals surface area contributed by atoms with Gasteiger partial charge in [-0.1, -0.05) is 82.2 Å². The number of rotatable bonds is 6. The lowest BCUT2D eigenvalue weighted by molar-refractivity contribution is -0.121. The maximum atomic E-state index is 13.0. The number of nitrogens with one attached hydrogen (secondary N) is 1. The number of piperidine rings is 1. The molecule has 1 amide bonds. The Hall–Kier alpha value is -2.99. The average molecular weight is 475 g/mol. The highest BCUT2D eigenvalue weighted by atomic mass is 16.5. The van der Waals surface area contributed by atoms with E-state index in [0.29, 0.717) is 24.2 Å². The molecule has 2 heterocycles. The van der Waals surface area contributed by atoms with Crippen LogP contribution in [0.25, 0.3) is 11.4 Å². The quantitative estimate of drug-likeness (QED) is 0.453. The molecule has 0 radical (unpaired) electrons. The van der Waals surface area contributed by atoms with Gasteiger partial charge in [-0.3, -0.25) is 9.69 Å². The van der Waals surface area contributed by atoms with Crippen molar-refractivity contribution in [1.29, 1.82) is 0 Å². The predicted molar refractivity (Wildman–Crippen MR) is 140 cm³/mol. The van der Waals surface area contributed by atoms with Crippen LogP contribution in [0.4, 0.5) is 5.69 Å². The molecule has 0 spiro atoms. The molecule has 0 saturated carbocycles. The van der Waals surface area contributed by atoms with Gasteiger partial charge in [-0.15, -0.1) is 0 Å². The van der Waals surface area contributed by atoms with Crippen molar-refractivity contribution in [2.24, 2.45) is 5.92 Å². The number of amides is 1. The van der Waals surface area contributed by atoms with E-state index in [0.717, 1.165) is 42.7 Å². The van der Waals surface area contributed by atoms with Gasteiger partial charge in [0.15, 0.2) is 0 Å². The molecule has 1 aromatic heterocycles. The minimum absolute atomic E-state index is 0.0189. The molecule has 0 aliphatic carbocycles. The molecule has 6 heteroatoms. The Balaban J connectivity index is 1.32. The van der Waals surface area contributed by atoms with E-state index >= 15 is 0 Å². The summed E-state index contributed by atoms with van der Waals surface area (Å²) in [6.45, 7) is 15.3. The van der Waals surface area contributed by atoms with Gasteiger partial charge in [0, 0.05) is 17.2 Å². The van der Waals surface area contributed by atoms with E-state index in [1.165, 1.54) is 11.1 Å². The monoisotopic (exact) mass is 474 g/mol. The van der Waals surface area contributed by atoms with Crippen molar-refractivity contribution in [2.75, 3.05) is 18.4 Å². The molecule has 1 fully saturated rings. The Morgan fingerprint density at radius 3 is 2.43 bits per heavy atom. The molecule has 0 unspecified atom stereocenters. The lowest BCUT2D eigenvalue weighted by atomic mass is 9.87. The van der Waals surface area contributed by atoms with Crippen molar-refractivity contribution in [1.82, 2.24) is 15.0 Å². The first-order valence-corrected chi connectivity index (χ1v) is 12.7. The number of benzene rings is 2. The van der Waals surface area contributed by atoms with E-state index in [9.17, 15) is 4.79 Å². The standard InChI is InChI=1S/C29H38N4O2/c1-19(2)24-9-7-8-20(3)26(24)31-28(34)22-14-16-33(17-15-22)18-25-30-27(32-35-25)21-10-12-23(13-11-21)29(4,5)6/h7-13,19,22H,14-18H2,1-6H3,(H,31,34). The minimum atomic E-state index is 0.0189. The number of likely N-dealkylation sites (tertiary alicyclic amines) is 1. The Bertz CT molecular complexity index is 1150. The fourth-order valence-electron chi connectivity index (χ4n) is 4.67. The van der Waals surface area contributed by atoms with Gasteiger partial charge in [-0.2, -0.15) is 4.98 Å². The summed E-state index contributed by atoms with van der Waals surface area (Å²) < 4.78 is 5.54. The summed E-state index contributed by atoms with van der Waals surface area (Å²) in [6, 6.07) is 14.6. The van der Waals surface area contributed by atoms with Crippen molar-refractivity contribution in [3.63, 3.8) is 0 Å². The van der Waals surface area contributed by atoms with Crippen molar-refractivity contribution in [3.8, 4) is 11.4 Å². The van der Waals surface area contributed by atoms with Crippen LogP contribution >= 0.6 is 0 Å². The second kappa shape index (κ2) is 10.3. The summed E-state index contributed by atoms with van der Waals surface area (Å²) in [5, 5.41) is 7.42. The van der Waals surface area contributed by atoms with Gasteiger partial charge in [-0.25, -0.2) is 0 Å². The van der Waals surface area contributed by atoms with Gasteiger partial charge in [-0.05, 0) is 60.9 Å². The molecule has 0 atom stereocenters. The molecule has 3 aromatic rings. The van der Waals surface area contributed by atoms with Crippen LogP contribution in [-0.2, 0) is 16.8 Å². The zero-order valence-electron chi connectivity index (χ0n) is 21.9. The summed E-state index contributed by atoms with van der Waals surface area (Å²) >= 11 is 0. The van der Waals surface area contributed by atoms with Crippen LogP contribution in [0.5, 0.6) is 0 Å². The maximum Gasteiger partial charge on any atom is 0.241 e. The van der Waals surface area contributed by atoms with Crippen molar-refractivity contribution >= 4 is 11.6 Å². The lowest BCUT2D eigenvalue weighted by Gasteiger charge is -2.30. The van der Waals surface area contributed by atoms with E-state index < -0.39 is 0 Å². The van der Waals surface area contributed by atoms with Gasteiger partial charge in [0.2, 0.25) is 17.6 Å². The number of carbonyl (C=O) groups excluding carboxylic acids is 1. The zero-order chi connectivity index (χ0) is 25.2. The van der Waals surface area contributed by atoms with E-state index in [4.69, 9.17) is 4.52 Å². The molecule has 1 aliphatic heterocycles. The Morgan fingerprint density at radius 2 is 1.80 bits per heavy atom. The number of nitrogens with zero attached hydrogens (tertiary/aromatic N) is 3. The number of aromatic nitrogens is 2. The van der Waals surface area contributed by atoms with Gasteiger partial charge in [0.05, 0.1) is 6.54 Å². The number of aryl methyl sites for hydroxylation is 1. The SMILES string of the molecule is Cc1cccc(C(C)C)c1NC(=O)C1CCN(Cc2nc(-c3ccc(C(C)(C)C)cc3)no2)CC1. The van der Waals surface area contributed by atoms with E-state index in [1.807, 2.05) is 0 Å². The fourth-order valence-corrected chi connectivity index (χ4v) is 4.67. The van der Waals surface area contributed by atoms with Crippen LogP contribution in [0, 0.1) is 12.8 Å². The normalized spacial score (nSPS) is 15.5. The molecule has 0 bridgehead atoms. The Kier molecular flexibility index (Phi) is 7.41. The first-order valence-electron chi connectivity index (χ1n) is 12.7. The number of hydrogen-bond acceptors (Lipinski definition) is 5. The molecule has 186 valence electrons. The summed E-state index contributed by atoms with van der Waals surface area (Å²) in [7, 11) is 0. The molecule has 6 nitrogen and oxygen atoms in total. The van der Waals surface area contributed by atoms with Crippen molar-refractivity contribution in [2.45, 2.75) is 72.3 Å². The summed E-state index contributed by atoms with van der Waals surface area (Å²) in [5.41, 5.74) is 5.63. The third-order valence-electron chi connectivity index (χ3n) is 6.97. The molecule has 1 saturated heterocycles. The third kappa shape index (κ3) is 5.99. The van der Waals surface area contributed by atoms with Crippen molar-refractivity contribution < 1.29 is 9.32 Å². The summed E-state index contributed by atoms with van der Waals surface area (Å²) in [5.74, 6) is 1.74. The van der Waals surface area contributed by atoms with Crippen LogP contribution in [0.3, 0.4) is 0 Å². The highest BCUT2D eigenvalue weighted by molar-refractivity contribution is 5.94. The fraction of sp³-hybridized carbons (Fsp3) is 0.483. The smallest absolute Gasteiger partial charge is 0.241 e. The average Bonchev–Trinajstić information content (AvgIpc) is 3.28. The molecule has 2 aromatic carbocycles. The van der Waals surface area contributed by atoms with Gasteiger partial charge in [0.25, 0.3) is 0 Å². The Labute approximate surface area is 209 Å². The zero-order valence-corrected chi connectivity index (χ0v) is 21.9. The largest absolute Gasteiger partial charge is 0.338 e. The second-order valence-corrected chi connectivity index (χ2v) is 11.1. The maximum absolute atomic E-state index is 13.0. The van der Waals surface area contributed by atoms with Crippen LogP contribution < -0.4 is 5.32 Å². The molecule has 35 heavy (non-hydrogen) atoms. The molecule has 1 N–H and O–H groups in total. The van der Waals surface area contributed by atoms with Gasteiger partial charge < -0.3 is 9.84 Å². The highest BCUT2D eigenvalue weighted by Crippen LogP contribution is 2.29. The van der Waals surface area contributed by atoms with Gasteiger partial charge in [0.1, 0.15) is 0 Å².